The summed E-state index contributed by atoms with van der Waals surface area (Å²) in [5.74, 6) is -0.0691. The zero-order valence-corrected chi connectivity index (χ0v) is 9.26. The van der Waals surface area contributed by atoms with Crippen molar-refractivity contribution in [3.63, 3.8) is 0 Å². The van der Waals surface area contributed by atoms with Crippen molar-refractivity contribution in [2.45, 2.75) is 19.4 Å². The van der Waals surface area contributed by atoms with E-state index in [1.165, 1.54) is 0 Å². The SMILES string of the molecule is CCNC(=S)N1CCC(O)C(CO)C1. The fraction of sp³-hybridized carbons (Fsp3) is 0.889. The highest BCUT2D eigenvalue weighted by Gasteiger charge is 2.27. The van der Waals surface area contributed by atoms with E-state index in [-0.39, 0.29) is 18.6 Å². The molecular formula is C9H18N2O2S. The second-order valence-electron chi connectivity index (χ2n) is 3.58. The summed E-state index contributed by atoms with van der Waals surface area (Å²) < 4.78 is 0. The monoisotopic (exact) mass is 218 g/mol. The third-order valence-corrected chi connectivity index (χ3v) is 2.95. The second-order valence-corrected chi connectivity index (χ2v) is 3.97. The quantitative estimate of drug-likeness (QED) is 0.548. The van der Waals surface area contributed by atoms with Gasteiger partial charge >= 0.3 is 0 Å². The van der Waals surface area contributed by atoms with E-state index in [1.807, 2.05) is 11.8 Å². The van der Waals surface area contributed by atoms with Crippen LogP contribution >= 0.6 is 12.2 Å². The van der Waals surface area contributed by atoms with Crippen LogP contribution in [0.4, 0.5) is 0 Å². The van der Waals surface area contributed by atoms with E-state index in [0.29, 0.717) is 13.0 Å². The number of hydrogen-bond acceptors (Lipinski definition) is 3. The molecule has 1 aliphatic rings. The molecule has 82 valence electrons. The van der Waals surface area contributed by atoms with Gasteiger partial charge in [-0.3, -0.25) is 0 Å². The normalized spacial score (nSPS) is 27.5. The highest BCUT2D eigenvalue weighted by atomic mass is 32.1. The molecular weight excluding hydrogens is 200 g/mol. The molecule has 1 heterocycles. The first kappa shape index (κ1) is 11.7. The zero-order valence-electron chi connectivity index (χ0n) is 8.44. The molecule has 0 radical (unpaired) electrons. The van der Waals surface area contributed by atoms with E-state index in [4.69, 9.17) is 17.3 Å². The van der Waals surface area contributed by atoms with Gasteiger partial charge in [0, 0.05) is 25.6 Å². The fourth-order valence-corrected chi connectivity index (χ4v) is 1.96. The highest BCUT2D eigenvalue weighted by Crippen LogP contribution is 2.16. The molecule has 0 amide bonds. The van der Waals surface area contributed by atoms with Crippen molar-refractivity contribution in [3.8, 4) is 0 Å². The lowest BCUT2D eigenvalue weighted by Crippen LogP contribution is -2.50. The van der Waals surface area contributed by atoms with Crippen LogP contribution in [0, 0.1) is 5.92 Å². The summed E-state index contributed by atoms with van der Waals surface area (Å²) in [5.41, 5.74) is 0. The van der Waals surface area contributed by atoms with E-state index in [1.54, 1.807) is 0 Å². The van der Waals surface area contributed by atoms with Gasteiger partial charge in [0.2, 0.25) is 0 Å². The molecule has 5 heteroatoms. The molecule has 0 spiro atoms. The summed E-state index contributed by atoms with van der Waals surface area (Å²) in [4.78, 5) is 2.01. The molecule has 0 aromatic carbocycles. The maximum atomic E-state index is 9.55. The predicted molar refractivity (Wildman–Crippen MR) is 59.0 cm³/mol. The van der Waals surface area contributed by atoms with Gasteiger partial charge in [0.25, 0.3) is 0 Å². The molecule has 3 N–H and O–H groups in total. The average Bonchev–Trinajstić information content (AvgIpc) is 2.19. The first-order chi connectivity index (χ1) is 6.69. The van der Waals surface area contributed by atoms with Gasteiger partial charge in [-0.15, -0.1) is 0 Å². The smallest absolute Gasteiger partial charge is 0.168 e. The molecule has 1 aliphatic heterocycles. The fourth-order valence-electron chi connectivity index (χ4n) is 1.65. The van der Waals surface area contributed by atoms with E-state index >= 15 is 0 Å². The first-order valence-corrected chi connectivity index (χ1v) is 5.41. The van der Waals surface area contributed by atoms with Gasteiger partial charge in [-0.05, 0) is 25.6 Å². The molecule has 14 heavy (non-hydrogen) atoms. The Morgan fingerprint density at radius 2 is 2.36 bits per heavy atom. The maximum Gasteiger partial charge on any atom is 0.168 e. The minimum absolute atomic E-state index is 0.0202. The summed E-state index contributed by atoms with van der Waals surface area (Å²) >= 11 is 5.16. The molecule has 1 fully saturated rings. The Labute approximate surface area is 89.9 Å². The minimum Gasteiger partial charge on any atom is -0.396 e. The van der Waals surface area contributed by atoms with Crippen molar-refractivity contribution >= 4 is 17.3 Å². The van der Waals surface area contributed by atoms with E-state index in [2.05, 4.69) is 5.32 Å². The molecule has 0 aliphatic carbocycles. The molecule has 2 unspecified atom stereocenters. The summed E-state index contributed by atoms with van der Waals surface area (Å²) in [7, 11) is 0. The first-order valence-electron chi connectivity index (χ1n) is 5.00. The zero-order chi connectivity index (χ0) is 10.6. The van der Waals surface area contributed by atoms with Gasteiger partial charge in [0.1, 0.15) is 0 Å². The number of aliphatic hydroxyl groups is 2. The van der Waals surface area contributed by atoms with Crippen molar-refractivity contribution in [2.24, 2.45) is 5.92 Å². The average molecular weight is 218 g/mol. The topological polar surface area (TPSA) is 55.7 Å². The van der Waals surface area contributed by atoms with Crippen LogP contribution in [0.25, 0.3) is 0 Å². The Hall–Kier alpha value is -0.390. The lowest BCUT2D eigenvalue weighted by molar-refractivity contribution is 0.0196. The molecule has 0 bridgehead atoms. The van der Waals surface area contributed by atoms with Gasteiger partial charge < -0.3 is 20.4 Å². The Morgan fingerprint density at radius 3 is 2.93 bits per heavy atom. The number of hydrogen-bond donors (Lipinski definition) is 3. The Bertz CT molecular complexity index is 201. The maximum absolute atomic E-state index is 9.55. The van der Waals surface area contributed by atoms with Gasteiger partial charge in [-0.1, -0.05) is 0 Å². The lowest BCUT2D eigenvalue weighted by Gasteiger charge is -2.36. The Morgan fingerprint density at radius 1 is 1.64 bits per heavy atom. The molecule has 1 rings (SSSR count). The van der Waals surface area contributed by atoms with E-state index in [0.717, 1.165) is 18.2 Å². The summed E-state index contributed by atoms with van der Waals surface area (Å²) in [6.45, 7) is 4.23. The van der Waals surface area contributed by atoms with Crippen LogP contribution in [-0.2, 0) is 0 Å². The van der Waals surface area contributed by atoms with Crippen molar-refractivity contribution < 1.29 is 10.2 Å². The predicted octanol–water partition coefficient (Wildman–Crippen LogP) is -0.444. The number of aliphatic hydroxyl groups excluding tert-OH is 2. The molecule has 4 nitrogen and oxygen atoms in total. The van der Waals surface area contributed by atoms with Crippen LogP contribution in [0.15, 0.2) is 0 Å². The number of rotatable bonds is 2. The number of nitrogens with zero attached hydrogens (tertiary/aromatic N) is 1. The van der Waals surface area contributed by atoms with Gasteiger partial charge in [-0.25, -0.2) is 0 Å². The molecule has 0 saturated carbocycles. The number of likely N-dealkylation sites (tertiary alicyclic amines) is 1. The van der Waals surface area contributed by atoms with Gasteiger partial charge in [0.05, 0.1) is 12.7 Å². The second kappa shape index (κ2) is 5.48. The van der Waals surface area contributed by atoms with Crippen LogP contribution < -0.4 is 5.32 Å². The van der Waals surface area contributed by atoms with Crippen LogP contribution in [-0.4, -0.2) is 52.6 Å². The molecule has 0 aromatic heterocycles. The largest absolute Gasteiger partial charge is 0.396 e. The van der Waals surface area contributed by atoms with Crippen molar-refractivity contribution in [2.75, 3.05) is 26.2 Å². The number of piperidine rings is 1. The summed E-state index contributed by atoms with van der Waals surface area (Å²) in [5, 5.41) is 22.4. The number of thiocarbonyl (C=S) groups is 1. The van der Waals surface area contributed by atoms with E-state index < -0.39 is 0 Å². The van der Waals surface area contributed by atoms with Crippen LogP contribution in [0.2, 0.25) is 0 Å². The third-order valence-electron chi connectivity index (χ3n) is 2.54. The summed E-state index contributed by atoms with van der Waals surface area (Å²) in [6.07, 6.45) is 0.289. The van der Waals surface area contributed by atoms with E-state index in [9.17, 15) is 5.11 Å². The van der Waals surface area contributed by atoms with Gasteiger partial charge in [-0.2, -0.15) is 0 Å². The number of nitrogens with one attached hydrogen (secondary N) is 1. The molecule has 1 saturated heterocycles. The van der Waals surface area contributed by atoms with Gasteiger partial charge in [0.15, 0.2) is 5.11 Å². The minimum atomic E-state index is -0.388. The highest BCUT2D eigenvalue weighted by molar-refractivity contribution is 7.80. The van der Waals surface area contributed by atoms with Crippen molar-refractivity contribution in [3.05, 3.63) is 0 Å². The molecule has 2 atom stereocenters. The third kappa shape index (κ3) is 2.80. The van der Waals surface area contributed by atoms with Crippen LogP contribution in [0.1, 0.15) is 13.3 Å². The Balaban J connectivity index is 2.45. The lowest BCUT2D eigenvalue weighted by atomic mass is 9.96. The molecule has 0 aromatic rings. The summed E-state index contributed by atoms with van der Waals surface area (Å²) in [6, 6.07) is 0. The van der Waals surface area contributed by atoms with Crippen molar-refractivity contribution in [1.82, 2.24) is 10.2 Å². The van der Waals surface area contributed by atoms with Crippen LogP contribution in [0.3, 0.4) is 0 Å². The van der Waals surface area contributed by atoms with Crippen LogP contribution in [0.5, 0.6) is 0 Å². The van der Waals surface area contributed by atoms with Crippen molar-refractivity contribution in [1.29, 1.82) is 0 Å². The standard InChI is InChI=1S/C9H18N2O2S/c1-2-10-9(14)11-4-3-8(13)7(5-11)6-12/h7-8,12-13H,2-6H2,1H3,(H,10,14). The Kier molecular flexibility index (Phi) is 4.57.